The normalized spacial score (nSPS) is 10.7. The number of rotatable bonds is 1. The SMILES string of the molecule is Cc1nn(C)cc1-c1ncn(N)c1N. The molecule has 0 fully saturated rings. The fraction of sp³-hybridized carbons (Fsp3) is 0.250. The zero-order valence-corrected chi connectivity index (χ0v) is 8.10. The van der Waals surface area contributed by atoms with Gasteiger partial charge in [-0.2, -0.15) is 5.10 Å². The van der Waals surface area contributed by atoms with E-state index in [-0.39, 0.29) is 0 Å². The van der Waals surface area contributed by atoms with Crippen molar-refractivity contribution in [2.24, 2.45) is 7.05 Å². The molecule has 6 nitrogen and oxygen atoms in total. The van der Waals surface area contributed by atoms with Gasteiger partial charge in [0.25, 0.3) is 0 Å². The highest BCUT2D eigenvalue weighted by molar-refractivity contribution is 5.71. The van der Waals surface area contributed by atoms with Crippen LogP contribution in [0.25, 0.3) is 11.3 Å². The highest BCUT2D eigenvalue weighted by Crippen LogP contribution is 2.24. The number of hydrogen-bond acceptors (Lipinski definition) is 4. The van der Waals surface area contributed by atoms with E-state index in [1.54, 1.807) is 4.68 Å². The van der Waals surface area contributed by atoms with Gasteiger partial charge in [-0.15, -0.1) is 0 Å². The van der Waals surface area contributed by atoms with Gasteiger partial charge in [-0.05, 0) is 6.92 Å². The van der Waals surface area contributed by atoms with Gasteiger partial charge in [0.15, 0.2) is 5.82 Å². The van der Waals surface area contributed by atoms with Gasteiger partial charge < -0.3 is 11.6 Å². The van der Waals surface area contributed by atoms with E-state index in [0.717, 1.165) is 11.3 Å². The predicted molar refractivity (Wildman–Crippen MR) is 53.7 cm³/mol. The summed E-state index contributed by atoms with van der Waals surface area (Å²) in [4.78, 5) is 4.12. The molecule has 2 rings (SSSR count). The largest absolute Gasteiger partial charge is 0.382 e. The lowest BCUT2D eigenvalue weighted by atomic mass is 10.2. The summed E-state index contributed by atoms with van der Waals surface area (Å²) >= 11 is 0. The second-order valence-electron chi connectivity index (χ2n) is 3.19. The molecule has 0 atom stereocenters. The van der Waals surface area contributed by atoms with Crippen LogP contribution in [0.2, 0.25) is 0 Å². The molecular formula is C8H12N6. The van der Waals surface area contributed by atoms with Crippen molar-refractivity contribution in [3.8, 4) is 11.3 Å². The Kier molecular flexibility index (Phi) is 1.70. The van der Waals surface area contributed by atoms with Crippen LogP contribution in [0.4, 0.5) is 5.82 Å². The van der Waals surface area contributed by atoms with Crippen molar-refractivity contribution in [3.63, 3.8) is 0 Å². The molecule has 0 amide bonds. The van der Waals surface area contributed by atoms with Gasteiger partial charge in [0, 0.05) is 18.8 Å². The van der Waals surface area contributed by atoms with E-state index in [4.69, 9.17) is 11.6 Å². The maximum absolute atomic E-state index is 5.75. The number of aryl methyl sites for hydroxylation is 2. The Morgan fingerprint density at radius 2 is 2.14 bits per heavy atom. The molecule has 0 aliphatic rings. The molecule has 0 spiro atoms. The topological polar surface area (TPSA) is 87.7 Å². The molecule has 0 saturated carbocycles. The first-order valence-corrected chi connectivity index (χ1v) is 4.18. The zero-order valence-electron chi connectivity index (χ0n) is 8.10. The minimum Gasteiger partial charge on any atom is -0.382 e. The van der Waals surface area contributed by atoms with Crippen LogP contribution in [-0.4, -0.2) is 19.4 Å². The first-order valence-electron chi connectivity index (χ1n) is 4.18. The van der Waals surface area contributed by atoms with E-state index in [0.29, 0.717) is 11.5 Å². The summed E-state index contributed by atoms with van der Waals surface area (Å²) < 4.78 is 3.02. The van der Waals surface area contributed by atoms with Crippen molar-refractivity contribution in [1.82, 2.24) is 19.4 Å². The van der Waals surface area contributed by atoms with E-state index < -0.39 is 0 Å². The number of nitrogens with zero attached hydrogens (tertiary/aromatic N) is 4. The van der Waals surface area contributed by atoms with E-state index in [1.165, 1.54) is 11.0 Å². The highest BCUT2D eigenvalue weighted by atomic mass is 15.3. The van der Waals surface area contributed by atoms with Crippen LogP contribution in [0.5, 0.6) is 0 Å². The Balaban J connectivity index is 2.59. The summed E-state index contributed by atoms with van der Waals surface area (Å²) in [5.74, 6) is 5.98. The molecular weight excluding hydrogens is 180 g/mol. The summed E-state index contributed by atoms with van der Waals surface area (Å²) in [7, 11) is 1.85. The van der Waals surface area contributed by atoms with E-state index >= 15 is 0 Å². The minimum absolute atomic E-state index is 0.445. The summed E-state index contributed by atoms with van der Waals surface area (Å²) in [6.07, 6.45) is 3.35. The van der Waals surface area contributed by atoms with E-state index in [2.05, 4.69) is 10.1 Å². The third-order valence-electron chi connectivity index (χ3n) is 2.10. The molecule has 14 heavy (non-hydrogen) atoms. The molecule has 2 aromatic rings. The summed E-state index contributed by atoms with van der Waals surface area (Å²) in [6.45, 7) is 1.91. The Morgan fingerprint density at radius 1 is 1.43 bits per heavy atom. The maximum atomic E-state index is 5.75. The summed E-state index contributed by atoms with van der Waals surface area (Å²) in [6, 6.07) is 0. The molecule has 2 aromatic heterocycles. The van der Waals surface area contributed by atoms with Gasteiger partial charge in [-0.3, -0.25) is 4.68 Å². The average molecular weight is 192 g/mol. The Labute approximate surface area is 81.1 Å². The molecule has 0 unspecified atom stereocenters. The van der Waals surface area contributed by atoms with Crippen LogP contribution in [-0.2, 0) is 7.05 Å². The first-order chi connectivity index (χ1) is 6.59. The third-order valence-corrected chi connectivity index (χ3v) is 2.10. The van der Waals surface area contributed by atoms with Gasteiger partial charge in [-0.25, -0.2) is 9.66 Å². The fourth-order valence-corrected chi connectivity index (χ4v) is 1.41. The van der Waals surface area contributed by atoms with Crippen molar-refractivity contribution in [2.75, 3.05) is 11.6 Å². The van der Waals surface area contributed by atoms with Crippen LogP contribution in [0.3, 0.4) is 0 Å². The number of anilines is 1. The molecule has 0 bridgehead atoms. The maximum Gasteiger partial charge on any atom is 0.150 e. The first kappa shape index (κ1) is 8.61. The van der Waals surface area contributed by atoms with E-state index in [9.17, 15) is 0 Å². The van der Waals surface area contributed by atoms with Crippen LogP contribution in [0.15, 0.2) is 12.5 Å². The van der Waals surface area contributed by atoms with Crippen LogP contribution >= 0.6 is 0 Å². The molecule has 0 saturated heterocycles. The number of imidazole rings is 1. The second-order valence-corrected chi connectivity index (χ2v) is 3.19. The smallest absolute Gasteiger partial charge is 0.150 e. The molecule has 0 radical (unpaired) electrons. The van der Waals surface area contributed by atoms with Gasteiger partial charge in [0.1, 0.15) is 12.0 Å². The van der Waals surface area contributed by atoms with Crippen molar-refractivity contribution in [3.05, 3.63) is 18.2 Å². The zero-order chi connectivity index (χ0) is 10.3. The van der Waals surface area contributed by atoms with Crippen molar-refractivity contribution in [2.45, 2.75) is 6.92 Å². The standard InChI is InChI=1S/C8H12N6/c1-5-6(3-13(2)12-5)7-8(9)14(10)4-11-7/h3-4H,9-10H2,1-2H3. The Bertz CT molecular complexity index is 466. The number of hydrogen-bond donors (Lipinski definition) is 2. The van der Waals surface area contributed by atoms with Crippen molar-refractivity contribution in [1.29, 1.82) is 0 Å². The molecule has 4 N–H and O–H groups in total. The van der Waals surface area contributed by atoms with Gasteiger partial charge in [0.2, 0.25) is 0 Å². The minimum atomic E-state index is 0.445. The lowest BCUT2D eigenvalue weighted by Crippen LogP contribution is -2.09. The van der Waals surface area contributed by atoms with E-state index in [1.807, 2.05) is 20.2 Å². The highest BCUT2D eigenvalue weighted by Gasteiger charge is 2.13. The fourth-order valence-electron chi connectivity index (χ4n) is 1.41. The van der Waals surface area contributed by atoms with Gasteiger partial charge in [0.05, 0.1) is 5.69 Å². The number of nitrogen functional groups attached to an aromatic ring is 2. The van der Waals surface area contributed by atoms with Crippen LogP contribution in [0, 0.1) is 6.92 Å². The Hall–Kier alpha value is -1.98. The van der Waals surface area contributed by atoms with Crippen LogP contribution in [0.1, 0.15) is 5.69 Å². The van der Waals surface area contributed by atoms with Gasteiger partial charge in [-0.1, -0.05) is 0 Å². The molecule has 74 valence electrons. The third kappa shape index (κ3) is 1.12. The lowest BCUT2D eigenvalue weighted by Gasteiger charge is -1.97. The van der Waals surface area contributed by atoms with Crippen molar-refractivity contribution >= 4 is 5.82 Å². The monoisotopic (exact) mass is 192 g/mol. The van der Waals surface area contributed by atoms with Gasteiger partial charge >= 0.3 is 0 Å². The van der Waals surface area contributed by atoms with Crippen molar-refractivity contribution < 1.29 is 0 Å². The molecule has 0 aliphatic heterocycles. The summed E-state index contributed by atoms with van der Waals surface area (Å²) in [5, 5.41) is 4.21. The molecule has 0 aromatic carbocycles. The molecule has 6 heteroatoms. The summed E-state index contributed by atoms with van der Waals surface area (Å²) in [5.41, 5.74) is 8.23. The number of nitrogens with two attached hydrogens (primary N) is 2. The van der Waals surface area contributed by atoms with Crippen LogP contribution < -0.4 is 11.6 Å². The average Bonchev–Trinajstić information content (AvgIpc) is 2.59. The molecule has 0 aliphatic carbocycles. The second kappa shape index (κ2) is 2.76. The predicted octanol–water partition coefficient (Wildman–Crippen LogP) is -0.112. The lowest BCUT2D eigenvalue weighted by molar-refractivity contribution is 0.756. The number of aromatic nitrogens is 4. The quantitative estimate of drug-likeness (QED) is 0.617. The Morgan fingerprint density at radius 3 is 2.57 bits per heavy atom. The molecule has 2 heterocycles.